The van der Waals surface area contributed by atoms with Crippen LogP contribution in [0.15, 0.2) is 84.0 Å². The van der Waals surface area contributed by atoms with Crippen LogP contribution in [0, 0.1) is 10.1 Å². The molecule has 0 aliphatic heterocycles. The van der Waals surface area contributed by atoms with E-state index in [0.29, 0.717) is 33.6 Å². The molecule has 164 valence electrons. The van der Waals surface area contributed by atoms with Crippen molar-refractivity contribution in [1.82, 2.24) is 10.4 Å². The zero-order valence-electron chi connectivity index (χ0n) is 18.2. The molecule has 1 N–H and O–H groups in total. The fraction of sp³-hybridized carbons (Fsp3) is 0.115. The Morgan fingerprint density at radius 2 is 1.79 bits per heavy atom. The summed E-state index contributed by atoms with van der Waals surface area (Å²) in [5, 5.41) is 15.6. The third-order valence-corrected chi connectivity index (χ3v) is 5.29. The highest BCUT2D eigenvalue weighted by molar-refractivity contribution is 6.07. The number of carbonyl (C=O) groups excluding carboxylic acids is 1. The van der Waals surface area contributed by atoms with E-state index in [-0.39, 0.29) is 5.69 Å². The van der Waals surface area contributed by atoms with Gasteiger partial charge in [0, 0.05) is 28.6 Å². The van der Waals surface area contributed by atoms with Gasteiger partial charge in [-0.1, -0.05) is 68.4 Å². The van der Waals surface area contributed by atoms with Gasteiger partial charge in [-0.2, -0.15) is 5.10 Å². The maximum Gasteiger partial charge on any atom is 0.272 e. The summed E-state index contributed by atoms with van der Waals surface area (Å²) < 4.78 is 0. The third kappa shape index (κ3) is 4.93. The standard InChI is InChI=1S/C26H22N4O3/c1-17(2)19-10-12-20(13-11-19)25-15-23(22-8-3-4-9-24(22)28-25)26(31)29-27-16-18-6-5-7-21(14-18)30(32)33/h3-17H,1-2H3,(H,29,31)/b27-16-. The summed E-state index contributed by atoms with van der Waals surface area (Å²) in [5.74, 6) is 0.0317. The lowest BCUT2D eigenvalue weighted by atomic mass is 9.99. The van der Waals surface area contributed by atoms with Crippen LogP contribution in [0.4, 0.5) is 5.69 Å². The van der Waals surface area contributed by atoms with Gasteiger partial charge in [0.05, 0.1) is 27.9 Å². The van der Waals surface area contributed by atoms with E-state index in [9.17, 15) is 14.9 Å². The minimum atomic E-state index is -0.478. The van der Waals surface area contributed by atoms with Crippen molar-refractivity contribution in [3.05, 3.63) is 106 Å². The number of nitro groups is 1. The lowest BCUT2D eigenvalue weighted by Gasteiger charge is -2.10. The number of fused-ring (bicyclic) bond motifs is 1. The van der Waals surface area contributed by atoms with Crippen LogP contribution in [-0.2, 0) is 0 Å². The van der Waals surface area contributed by atoms with Gasteiger partial charge in [-0.05, 0) is 23.6 Å². The molecule has 0 bridgehead atoms. The van der Waals surface area contributed by atoms with Crippen LogP contribution in [0.3, 0.4) is 0 Å². The molecule has 4 aromatic rings. The number of nitro benzene ring substituents is 1. The average molecular weight is 438 g/mol. The van der Waals surface area contributed by atoms with Crippen molar-refractivity contribution >= 4 is 28.7 Å². The molecule has 7 heteroatoms. The highest BCUT2D eigenvalue weighted by atomic mass is 16.6. The zero-order chi connectivity index (χ0) is 23.4. The number of aromatic nitrogens is 1. The lowest BCUT2D eigenvalue weighted by molar-refractivity contribution is -0.384. The molecular formula is C26H22N4O3. The summed E-state index contributed by atoms with van der Waals surface area (Å²) in [6.45, 7) is 4.28. The number of benzene rings is 3. The van der Waals surface area contributed by atoms with Crippen LogP contribution < -0.4 is 5.43 Å². The van der Waals surface area contributed by atoms with Crippen molar-refractivity contribution in [2.75, 3.05) is 0 Å². The molecule has 0 radical (unpaired) electrons. The Hall–Kier alpha value is -4.39. The molecule has 1 aromatic heterocycles. The molecule has 0 atom stereocenters. The highest BCUT2D eigenvalue weighted by Gasteiger charge is 2.14. The van der Waals surface area contributed by atoms with Gasteiger partial charge < -0.3 is 0 Å². The monoisotopic (exact) mass is 438 g/mol. The predicted molar refractivity (Wildman–Crippen MR) is 129 cm³/mol. The maximum absolute atomic E-state index is 13.0. The number of non-ortho nitro benzene ring substituents is 1. The Balaban J connectivity index is 1.64. The number of amides is 1. The first-order valence-corrected chi connectivity index (χ1v) is 10.5. The summed E-state index contributed by atoms with van der Waals surface area (Å²) in [7, 11) is 0. The van der Waals surface area contributed by atoms with Crippen molar-refractivity contribution in [2.45, 2.75) is 19.8 Å². The zero-order valence-corrected chi connectivity index (χ0v) is 18.2. The number of carbonyl (C=O) groups is 1. The fourth-order valence-electron chi connectivity index (χ4n) is 3.49. The molecule has 0 saturated heterocycles. The average Bonchev–Trinajstić information content (AvgIpc) is 2.83. The first kappa shape index (κ1) is 21.8. The predicted octanol–water partition coefficient (Wildman–Crippen LogP) is 5.70. The molecule has 3 aromatic carbocycles. The van der Waals surface area contributed by atoms with E-state index in [1.807, 2.05) is 36.4 Å². The van der Waals surface area contributed by atoms with Crippen molar-refractivity contribution in [2.24, 2.45) is 5.10 Å². The van der Waals surface area contributed by atoms with E-state index in [4.69, 9.17) is 4.98 Å². The van der Waals surface area contributed by atoms with Gasteiger partial charge in [-0.15, -0.1) is 0 Å². The second kappa shape index (κ2) is 9.40. The summed E-state index contributed by atoms with van der Waals surface area (Å²) >= 11 is 0. The highest BCUT2D eigenvalue weighted by Crippen LogP contribution is 2.26. The van der Waals surface area contributed by atoms with Crippen LogP contribution in [0.25, 0.3) is 22.2 Å². The molecule has 1 amide bonds. The fourth-order valence-corrected chi connectivity index (χ4v) is 3.49. The Bertz CT molecular complexity index is 1360. The van der Waals surface area contributed by atoms with E-state index < -0.39 is 10.8 Å². The van der Waals surface area contributed by atoms with E-state index >= 15 is 0 Å². The molecule has 0 spiro atoms. The number of rotatable bonds is 6. The molecule has 0 fully saturated rings. The van der Waals surface area contributed by atoms with Gasteiger partial charge in [0.25, 0.3) is 11.6 Å². The summed E-state index contributed by atoms with van der Waals surface area (Å²) in [5.41, 5.74) is 6.98. The van der Waals surface area contributed by atoms with Gasteiger partial charge in [0.15, 0.2) is 0 Å². The second-order valence-corrected chi connectivity index (χ2v) is 7.90. The Labute approximate surface area is 191 Å². The lowest BCUT2D eigenvalue weighted by Crippen LogP contribution is -2.18. The quantitative estimate of drug-likeness (QED) is 0.237. The van der Waals surface area contributed by atoms with Crippen molar-refractivity contribution in [3.63, 3.8) is 0 Å². The summed E-state index contributed by atoms with van der Waals surface area (Å²) in [4.78, 5) is 28.2. The van der Waals surface area contributed by atoms with Crippen LogP contribution in [-0.4, -0.2) is 22.0 Å². The minimum absolute atomic E-state index is 0.0430. The number of pyridine rings is 1. The smallest absolute Gasteiger partial charge is 0.267 e. The van der Waals surface area contributed by atoms with Gasteiger partial charge in [0.2, 0.25) is 0 Å². The van der Waals surface area contributed by atoms with Gasteiger partial charge in [-0.3, -0.25) is 14.9 Å². The van der Waals surface area contributed by atoms with Crippen LogP contribution in [0.5, 0.6) is 0 Å². The molecule has 0 unspecified atom stereocenters. The van der Waals surface area contributed by atoms with Crippen molar-refractivity contribution < 1.29 is 9.72 Å². The SMILES string of the molecule is CC(C)c1ccc(-c2cc(C(=O)N/N=C\c3cccc([N+](=O)[O-])c3)c3ccccc3n2)cc1. The number of hydrazone groups is 1. The number of hydrogen-bond acceptors (Lipinski definition) is 5. The van der Waals surface area contributed by atoms with Gasteiger partial charge >= 0.3 is 0 Å². The Kier molecular flexibility index (Phi) is 6.22. The Morgan fingerprint density at radius 3 is 2.52 bits per heavy atom. The van der Waals surface area contributed by atoms with Crippen molar-refractivity contribution in [3.8, 4) is 11.3 Å². The number of hydrogen-bond donors (Lipinski definition) is 1. The maximum atomic E-state index is 13.0. The van der Waals surface area contributed by atoms with E-state index in [0.717, 1.165) is 5.56 Å². The molecule has 0 aliphatic carbocycles. The van der Waals surface area contributed by atoms with Crippen LogP contribution in [0.1, 0.15) is 41.3 Å². The topological polar surface area (TPSA) is 97.5 Å². The van der Waals surface area contributed by atoms with Crippen LogP contribution in [0.2, 0.25) is 0 Å². The minimum Gasteiger partial charge on any atom is -0.267 e. The largest absolute Gasteiger partial charge is 0.272 e. The first-order valence-electron chi connectivity index (χ1n) is 10.5. The number of nitrogens with one attached hydrogen (secondary N) is 1. The molecule has 33 heavy (non-hydrogen) atoms. The normalized spacial score (nSPS) is 11.2. The Morgan fingerprint density at radius 1 is 1.03 bits per heavy atom. The van der Waals surface area contributed by atoms with Crippen LogP contribution >= 0.6 is 0 Å². The summed E-state index contributed by atoms with van der Waals surface area (Å²) in [6, 6.07) is 23.4. The molecular weight excluding hydrogens is 416 g/mol. The molecule has 4 rings (SSSR count). The molecule has 1 heterocycles. The van der Waals surface area contributed by atoms with Gasteiger partial charge in [-0.25, -0.2) is 10.4 Å². The number of para-hydroxylation sites is 1. The molecule has 7 nitrogen and oxygen atoms in total. The van der Waals surface area contributed by atoms with E-state index in [1.165, 1.54) is 23.9 Å². The summed E-state index contributed by atoms with van der Waals surface area (Å²) in [6.07, 6.45) is 1.37. The van der Waals surface area contributed by atoms with E-state index in [1.54, 1.807) is 18.2 Å². The molecule has 0 aliphatic rings. The third-order valence-electron chi connectivity index (χ3n) is 5.29. The van der Waals surface area contributed by atoms with Crippen molar-refractivity contribution in [1.29, 1.82) is 0 Å². The molecule has 0 saturated carbocycles. The van der Waals surface area contributed by atoms with Gasteiger partial charge in [0.1, 0.15) is 0 Å². The second-order valence-electron chi connectivity index (χ2n) is 7.90. The first-order chi connectivity index (χ1) is 15.9. The number of nitrogens with zero attached hydrogens (tertiary/aromatic N) is 3. The van der Waals surface area contributed by atoms with E-state index in [2.05, 4.69) is 36.5 Å².